The highest BCUT2D eigenvalue weighted by Gasteiger charge is 2.17. The van der Waals surface area contributed by atoms with E-state index in [2.05, 4.69) is 30.8 Å². The Labute approximate surface area is 197 Å². The maximum absolute atomic E-state index is 11.0. The van der Waals surface area contributed by atoms with Crippen LogP contribution in [0.15, 0.2) is 47.6 Å². The molecule has 1 fully saturated rings. The molecule has 3 aromatic rings. The molecule has 1 aliphatic heterocycles. The number of rotatable bonds is 8. The molecule has 0 spiro atoms. The summed E-state index contributed by atoms with van der Waals surface area (Å²) in [5.41, 5.74) is 3.08. The highest BCUT2D eigenvalue weighted by Crippen LogP contribution is 2.26. The van der Waals surface area contributed by atoms with Gasteiger partial charge in [0, 0.05) is 42.5 Å². The molecular formula is C20H19N9O6. The fourth-order valence-electron chi connectivity index (χ4n) is 3.10. The first-order chi connectivity index (χ1) is 16.9. The molecule has 0 atom stereocenters. The van der Waals surface area contributed by atoms with E-state index in [-0.39, 0.29) is 17.6 Å². The number of anilines is 4. The SMILES string of the molecule is O=[N+]([O-])c1ccc(Nc2nc(NN=Cc3ccc(O)c([N+](=O)[O-])c3)nc(N3CCOCC3)n2)cc1. The highest BCUT2D eigenvalue weighted by molar-refractivity contribution is 5.82. The van der Waals surface area contributed by atoms with Crippen molar-refractivity contribution in [2.24, 2.45) is 5.10 Å². The molecule has 15 nitrogen and oxygen atoms in total. The number of hydrogen-bond donors (Lipinski definition) is 3. The van der Waals surface area contributed by atoms with E-state index in [4.69, 9.17) is 4.74 Å². The Hall–Kier alpha value is -4.92. The molecule has 0 amide bonds. The van der Waals surface area contributed by atoms with Crippen LogP contribution in [0.25, 0.3) is 0 Å². The van der Waals surface area contributed by atoms with E-state index in [0.717, 1.165) is 0 Å². The van der Waals surface area contributed by atoms with E-state index < -0.39 is 21.3 Å². The maximum atomic E-state index is 11.0. The lowest BCUT2D eigenvalue weighted by Gasteiger charge is -2.27. The molecular weight excluding hydrogens is 462 g/mol. The van der Waals surface area contributed by atoms with Crippen LogP contribution in [0.3, 0.4) is 0 Å². The number of aromatic hydroxyl groups is 1. The lowest BCUT2D eigenvalue weighted by Crippen LogP contribution is -2.37. The maximum Gasteiger partial charge on any atom is 0.311 e. The van der Waals surface area contributed by atoms with Crippen LogP contribution in [0, 0.1) is 20.2 Å². The van der Waals surface area contributed by atoms with Gasteiger partial charge < -0.3 is 20.1 Å². The first-order valence-electron chi connectivity index (χ1n) is 10.3. The number of phenolic OH excluding ortho intramolecular Hbond substituents is 1. The number of nitro benzene ring substituents is 2. The molecule has 15 heteroatoms. The van der Waals surface area contributed by atoms with Gasteiger partial charge in [-0.15, -0.1) is 0 Å². The Morgan fingerprint density at radius 1 is 1.00 bits per heavy atom. The molecule has 0 saturated carbocycles. The average molecular weight is 481 g/mol. The van der Waals surface area contributed by atoms with E-state index in [1.807, 2.05) is 4.90 Å². The summed E-state index contributed by atoms with van der Waals surface area (Å²) in [6, 6.07) is 9.60. The van der Waals surface area contributed by atoms with Crippen molar-refractivity contribution in [2.45, 2.75) is 0 Å². The van der Waals surface area contributed by atoms with Gasteiger partial charge in [0.25, 0.3) is 5.69 Å². The first-order valence-corrected chi connectivity index (χ1v) is 10.3. The van der Waals surface area contributed by atoms with Crippen LogP contribution in [0.5, 0.6) is 5.75 Å². The molecule has 2 heterocycles. The van der Waals surface area contributed by atoms with Crippen LogP contribution < -0.4 is 15.6 Å². The van der Waals surface area contributed by atoms with E-state index in [1.165, 1.54) is 48.7 Å². The molecule has 180 valence electrons. The predicted octanol–water partition coefficient (Wildman–Crippen LogP) is 2.42. The molecule has 0 bridgehead atoms. The van der Waals surface area contributed by atoms with Crippen molar-refractivity contribution in [1.82, 2.24) is 15.0 Å². The fraction of sp³-hybridized carbons (Fsp3) is 0.200. The number of hydrazone groups is 1. The minimum Gasteiger partial charge on any atom is -0.502 e. The largest absolute Gasteiger partial charge is 0.502 e. The molecule has 4 rings (SSSR count). The summed E-state index contributed by atoms with van der Waals surface area (Å²) in [6.07, 6.45) is 1.31. The van der Waals surface area contributed by atoms with Crippen molar-refractivity contribution in [3.63, 3.8) is 0 Å². The molecule has 0 radical (unpaired) electrons. The Kier molecular flexibility index (Phi) is 6.87. The van der Waals surface area contributed by atoms with Crippen molar-refractivity contribution in [3.8, 4) is 5.75 Å². The van der Waals surface area contributed by atoms with Gasteiger partial charge in [-0.25, -0.2) is 5.43 Å². The van der Waals surface area contributed by atoms with Crippen LogP contribution in [-0.4, -0.2) is 62.4 Å². The van der Waals surface area contributed by atoms with Gasteiger partial charge in [-0.1, -0.05) is 0 Å². The average Bonchev–Trinajstić information content (AvgIpc) is 2.85. The van der Waals surface area contributed by atoms with Gasteiger partial charge in [-0.2, -0.15) is 20.1 Å². The van der Waals surface area contributed by atoms with Gasteiger partial charge in [0.2, 0.25) is 17.8 Å². The van der Waals surface area contributed by atoms with Gasteiger partial charge in [0.1, 0.15) is 0 Å². The molecule has 0 aliphatic carbocycles. The summed E-state index contributed by atoms with van der Waals surface area (Å²) in [6.45, 7) is 2.16. The summed E-state index contributed by atoms with van der Waals surface area (Å²) < 4.78 is 5.37. The van der Waals surface area contributed by atoms with Crippen LogP contribution in [-0.2, 0) is 4.74 Å². The Bertz CT molecular complexity index is 1260. The third kappa shape index (κ3) is 5.91. The highest BCUT2D eigenvalue weighted by atomic mass is 16.6. The van der Waals surface area contributed by atoms with Gasteiger partial charge >= 0.3 is 5.69 Å². The molecule has 0 unspecified atom stereocenters. The lowest BCUT2D eigenvalue weighted by molar-refractivity contribution is -0.385. The normalized spacial score (nSPS) is 13.5. The second-order valence-electron chi connectivity index (χ2n) is 7.19. The summed E-state index contributed by atoms with van der Waals surface area (Å²) in [7, 11) is 0. The topological polar surface area (TPSA) is 194 Å². The Morgan fingerprint density at radius 2 is 1.71 bits per heavy atom. The zero-order valence-electron chi connectivity index (χ0n) is 18.1. The zero-order chi connectivity index (χ0) is 24.8. The first kappa shape index (κ1) is 23.2. The van der Waals surface area contributed by atoms with Gasteiger partial charge in [0.05, 0.1) is 29.3 Å². The number of aromatic nitrogens is 3. The third-order valence-corrected chi connectivity index (χ3v) is 4.83. The molecule has 35 heavy (non-hydrogen) atoms. The van der Waals surface area contributed by atoms with Crippen molar-refractivity contribution in [2.75, 3.05) is 41.9 Å². The minimum atomic E-state index is -0.698. The Morgan fingerprint density at radius 3 is 2.40 bits per heavy atom. The standard InChI is InChI=1S/C20H19N9O6/c30-17-6-1-13(11-16(17)29(33)34)12-21-26-19-23-18(22-14-2-4-15(5-3-14)28(31)32)24-20(25-19)27-7-9-35-10-8-27/h1-6,11-12,30H,7-10H2,(H2,22,23,24,25,26). The number of nitrogens with zero attached hydrogens (tertiary/aromatic N) is 7. The molecule has 1 aliphatic rings. The quantitative estimate of drug-likeness (QED) is 0.242. The molecule has 1 saturated heterocycles. The third-order valence-electron chi connectivity index (χ3n) is 4.83. The number of benzene rings is 2. The minimum absolute atomic E-state index is 0.0497. The van der Waals surface area contributed by atoms with Gasteiger partial charge in [0.15, 0.2) is 5.75 Å². The van der Waals surface area contributed by atoms with E-state index in [9.17, 15) is 25.3 Å². The van der Waals surface area contributed by atoms with Crippen molar-refractivity contribution < 1.29 is 19.7 Å². The molecule has 1 aromatic heterocycles. The molecule has 3 N–H and O–H groups in total. The molecule has 2 aromatic carbocycles. The van der Waals surface area contributed by atoms with Crippen LogP contribution in [0.1, 0.15) is 5.56 Å². The second-order valence-corrected chi connectivity index (χ2v) is 7.19. The fourth-order valence-corrected chi connectivity index (χ4v) is 3.10. The van der Waals surface area contributed by atoms with Crippen LogP contribution in [0.4, 0.5) is 34.9 Å². The van der Waals surface area contributed by atoms with Crippen LogP contribution >= 0.6 is 0 Å². The number of phenols is 1. The summed E-state index contributed by atoms with van der Waals surface area (Å²) in [5, 5.41) is 38.5. The monoisotopic (exact) mass is 481 g/mol. The number of non-ortho nitro benzene ring substituents is 1. The predicted molar refractivity (Wildman–Crippen MR) is 125 cm³/mol. The number of nitro groups is 2. The smallest absolute Gasteiger partial charge is 0.311 e. The summed E-state index contributed by atoms with van der Waals surface area (Å²) >= 11 is 0. The number of ether oxygens (including phenoxy) is 1. The van der Waals surface area contributed by atoms with Gasteiger partial charge in [-0.3, -0.25) is 20.2 Å². The van der Waals surface area contributed by atoms with E-state index in [0.29, 0.717) is 43.5 Å². The lowest BCUT2D eigenvalue weighted by atomic mass is 10.2. The van der Waals surface area contributed by atoms with E-state index in [1.54, 1.807) is 0 Å². The summed E-state index contributed by atoms with van der Waals surface area (Å²) in [5.74, 6) is 0.184. The number of morpholine rings is 1. The van der Waals surface area contributed by atoms with Crippen molar-refractivity contribution in [1.29, 1.82) is 0 Å². The zero-order valence-corrected chi connectivity index (χ0v) is 18.1. The van der Waals surface area contributed by atoms with E-state index >= 15 is 0 Å². The van der Waals surface area contributed by atoms with Crippen molar-refractivity contribution in [3.05, 3.63) is 68.3 Å². The summed E-state index contributed by atoms with van der Waals surface area (Å²) in [4.78, 5) is 35.7. The number of nitrogens with one attached hydrogen (secondary N) is 2. The van der Waals surface area contributed by atoms with Crippen LogP contribution in [0.2, 0.25) is 0 Å². The number of hydrogen-bond acceptors (Lipinski definition) is 13. The Balaban J connectivity index is 1.56. The van der Waals surface area contributed by atoms with Crippen molar-refractivity contribution >= 4 is 41.1 Å². The second kappa shape index (κ2) is 10.3. The van der Waals surface area contributed by atoms with Gasteiger partial charge in [-0.05, 0) is 24.3 Å².